The van der Waals surface area contributed by atoms with Crippen molar-refractivity contribution < 1.29 is 0 Å². The molecule has 0 N–H and O–H groups in total. The molecule has 0 aliphatic carbocycles. The maximum Gasteiger partial charge on any atom is 0.0529 e. The van der Waals surface area contributed by atoms with Crippen molar-refractivity contribution in [2.45, 2.75) is 13.8 Å². The number of fused-ring (bicyclic) bond motifs is 1. The van der Waals surface area contributed by atoms with E-state index in [0.29, 0.717) is 0 Å². The van der Waals surface area contributed by atoms with Gasteiger partial charge in [0.15, 0.2) is 0 Å². The monoisotopic (exact) mass is 219 g/mol. The molecule has 0 aliphatic rings. The molecule has 15 heavy (non-hydrogen) atoms. The molecule has 1 aromatic heterocycles. The van der Waals surface area contributed by atoms with Crippen molar-refractivity contribution in [3.8, 4) is 0 Å². The lowest BCUT2D eigenvalue weighted by Gasteiger charge is -2.03. The zero-order valence-corrected chi connectivity index (χ0v) is 10.0. The van der Waals surface area contributed by atoms with Crippen molar-refractivity contribution >= 4 is 28.1 Å². The quantitative estimate of drug-likeness (QED) is 0.679. The molecular formula is C13H14ClN. The summed E-state index contributed by atoms with van der Waals surface area (Å²) in [5, 5.41) is 1.95. The lowest BCUT2D eigenvalue weighted by molar-refractivity contribution is 0.947. The second kappa shape index (κ2) is 3.42. The van der Waals surface area contributed by atoms with E-state index in [-0.39, 0.29) is 0 Å². The molecule has 0 spiro atoms. The molecule has 2 heteroatoms. The number of aromatic nitrogens is 1. The van der Waals surface area contributed by atoms with Gasteiger partial charge in [0.05, 0.1) is 5.02 Å². The Hall–Kier alpha value is -1.21. The summed E-state index contributed by atoms with van der Waals surface area (Å²) >= 11 is 6.27. The molecule has 0 fully saturated rings. The van der Waals surface area contributed by atoms with E-state index in [1.54, 1.807) is 0 Å². The van der Waals surface area contributed by atoms with Crippen LogP contribution in [0.15, 0.2) is 24.8 Å². The summed E-state index contributed by atoms with van der Waals surface area (Å²) in [4.78, 5) is 0. The Kier molecular flexibility index (Phi) is 2.35. The largest absolute Gasteiger partial charge is 0.344 e. The number of hydrogen-bond acceptors (Lipinski definition) is 0. The fraction of sp³-hybridized carbons (Fsp3) is 0.231. The van der Waals surface area contributed by atoms with Crippen molar-refractivity contribution in [2.75, 3.05) is 0 Å². The number of benzene rings is 1. The Balaban J connectivity index is 2.88. The molecular weight excluding hydrogens is 206 g/mol. The van der Waals surface area contributed by atoms with E-state index < -0.39 is 0 Å². The second-order valence-electron chi connectivity index (χ2n) is 4.00. The molecule has 0 saturated heterocycles. The average Bonchev–Trinajstić information content (AvgIpc) is 2.51. The highest BCUT2D eigenvalue weighted by Gasteiger charge is 2.09. The van der Waals surface area contributed by atoms with Crippen LogP contribution in [0.4, 0.5) is 0 Å². The van der Waals surface area contributed by atoms with Gasteiger partial charge in [-0.15, -0.1) is 0 Å². The van der Waals surface area contributed by atoms with Crippen molar-refractivity contribution in [1.29, 1.82) is 0 Å². The van der Waals surface area contributed by atoms with Gasteiger partial charge in [0.1, 0.15) is 0 Å². The van der Waals surface area contributed by atoms with Gasteiger partial charge in [0, 0.05) is 23.6 Å². The molecule has 0 bridgehead atoms. The van der Waals surface area contributed by atoms with Gasteiger partial charge in [0.25, 0.3) is 0 Å². The van der Waals surface area contributed by atoms with Gasteiger partial charge in [-0.25, -0.2) is 0 Å². The Morgan fingerprint density at radius 2 is 2.07 bits per heavy atom. The van der Waals surface area contributed by atoms with Crippen LogP contribution in [0.5, 0.6) is 0 Å². The number of rotatable bonds is 1. The van der Waals surface area contributed by atoms with Crippen LogP contribution in [0.25, 0.3) is 16.5 Å². The Morgan fingerprint density at radius 1 is 1.40 bits per heavy atom. The first kappa shape index (κ1) is 10.3. The summed E-state index contributed by atoms with van der Waals surface area (Å²) < 4.78 is 2.13. The molecule has 0 atom stereocenters. The molecule has 1 heterocycles. The second-order valence-corrected chi connectivity index (χ2v) is 4.38. The minimum absolute atomic E-state index is 0.843. The van der Waals surface area contributed by atoms with Crippen molar-refractivity contribution in [1.82, 2.24) is 4.57 Å². The summed E-state index contributed by atoms with van der Waals surface area (Å²) in [6, 6.07) is 6.25. The molecule has 0 amide bonds. The maximum absolute atomic E-state index is 6.27. The van der Waals surface area contributed by atoms with Crippen LogP contribution in [0.2, 0.25) is 5.02 Å². The third kappa shape index (κ3) is 1.47. The number of hydrogen-bond donors (Lipinski definition) is 0. The normalized spacial score (nSPS) is 10.9. The molecule has 2 rings (SSSR count). The molecule has 0 aliphatic heterocycles. The molecule has 0 radical (unpaired) electrons. The SMILES string of the molecule is C=C(C)c1cc2c(Cl)c(C)ccc2n1C. The van der Waals surface area contributed by atoms with Crippen LogP contribution in [0.3, 0.4) is 0 Å². The topological polar surface area (TPSA) is 4.93 Å². The minimum atomic E-state index is 0.843. The molecule has 0 unspecified atom stereocenters. The fourth-order valence-electron chi connectivity index (χ4n) is 1.89. The van der Waals surface area contributed by atoms with Crippen LogP contribution in [-0.2, 0) is 7.05 Å². The molecule has 0 saturated carbocycles. The van der Waals surface area contributed by atoms with E-state index >= 15 is 0 Å². The van der Waals surface area contributed by atoms with Gasteiger partial charge >= 0.3 is 0 Å². The average molecular weight is 220 g/mol. The summed E-state index contributed by atoms with van der Waals surface area (Å²) in [6.07, 6.45) is 0. The first-order valence-corrected chi connectivity index (χ1v) is 5.30. The summed E-state index contributed by atoms with van der Waals surface area (Å²) in [7, 11) is 2.04. The van der Waals surface area contributed by atoms with Crippen molar-refractivity contribution in [3.05, 3.63) is 41.1 Å². The predicted octanol–water partition coefficient (Wildman–Crippen LogP) is 4.17. The summed E-state index contributed by atoms with van der Waals surface area (Å²) in [5.74, 6) is 0. The van der Waals surface area contributed by atoms with Crippen molar-refractivity contribution in [3.63, 3.8) is 0 Å². The highest BCUT2D eigenvalue weighted by Crippen LogP contribution is 2.30. The maximum atomic E-state index is 6.27. The summed E-state index contributed by atoms with van der Waals surface area (Å²) in [5.41, 5.74) is 4.46. The van der Waals surface area contributed by atoms with Crippen LogP contribution in [0.1, 0.15) is 18.2 Å². The molecule has 1 aromatic carbocycles. The number of allylic oxidation sites excluding steroid dienone is 1. The molecule has 1 nitrogen and oxygen atoms in total. The first-order valence-electron chi connectivity index (χ1n) is 4.92. The number of halogens is 1. The molecule has 78 valence electrons. The van der Waals surface area contributed by atoms with E-state index in [1.165, 1.54) is 0 Å². The van der Waals surface area contributed by atoms with Crippen LogP contribution in [-0.4, -0.2) is 4.57 Å². The fourth-order valence-corrected chi connectivity index (χ4v) is 2.11. The van der Waals surface area contributed by atoms with E-state index in [2.05, 4.69) is 23.3 Å². The number of aryl methyl sites for hydroxylation is 2. The van der Waals surface area contributed by atoms with Crippen LogP contribution in [0, 0.1) is 6.92 Å². The zero-order chi connectivity index (χ0) is 11.2. The van der Waals surface area contributed by atoms with Gasteiger partial charge < -0.3 is 4.57 Å². The Morgan fingerprint density at radius 3 is 2.67 bits per heavy atom. The van der Waals surface area contributed by atoms with Crippen LogP contribution < -0.4 is 0 Å². The van der Waals surface area contributed by atoms with Gasteiger partial charge in [-0.1, -0.05) is 24.2 Å². The Labute approximate surface area is 95.0 Å². The first-order chi connectivity index (χ1) is 7.02. The number of nitrogens with zero attached hydrogens (tertiary/aromatic N) is 1. The lowest BCUT2D eigenvalue weighted by atomic mass is 10.1. The van der Waals surface area contributed by atoms with Gasteiger partial charge in [-0.05, 0) is 37.1 Å². The van der Waals surface area contributed by atoms with Gasteiger partial charge in [0.2, 0.25) is 0 Å². The highest BCUT2D eigenvalue weighted by atomic mass is 35.5. The minimum Gasteiger partial charge on any atom is -0.344 e. The van der Waals surface area contributed by atoms with E-state index in [4.69, 9.17) is 11.6 Å². The smallest absolute Gasteiger partial charge is 0.0529 e. The summed E-state index contributed by atoms with van der Waals surface area (Å²) in [6.45, 7) is 8.00. The molecule has 2 aromatic rings. The Bertz CT molecular complexity index is 549. The van der Waals surface area contributed by atoms with E-state index in [9.17, 15) is 0 Å². The predicted molar refractivity (Wildman–Crippen MR) is 67.4 cm³/mol. The van der Waals surface area contributed by atoms with E-state index in [1.807, 2.05) is 27.0 Å². The van der Waals surface area contributed by atoms with Crippen LogP contribution >= 0.6 is 11.6 Å². The van der Waals surface area contributed by atoms with Gasteiger partial charge in [-0.3, -0.25) is 0 Å². The van der Waals surface area contributed by atoms with E-state index in [0.717, 1.165) is 32.8 Å². The standard InChI is InChI=1S/C13H14ClN/c1-8(2)12-7-10-11(15(12)4)6-5-9(3)13(10)14/h5-7H,1H2,2-4H3. The third-order valence-electron chi connectivity index (χ3n) is 2.79. The van der Waals surface area contributed by atoms with Crippen molar-refractivity contribution in [2.24, 2.45) is 7.05 Å². The lowest BCUT2D eigenvalue weighted by Crippen LogP contribution is -1.92. The highest BCUT2D eigenvalue weighted by molar-refractivity contribution is 6.36. The van der Waals surface area contributed by atoms with Gasteiger partial charge in [-0.2, -0.15) is 0 Å². The third-order valence-corrected chi connectivity index (χ3v) is 3.29. The zero-order valence-electron chi connectivity index (χ0n) is 9.26.